The number of rotatable bonds is 30. The average Bonchev–Trinajstić information content (AvgIpc) is 1.60. The fraction of sp³-hybridized carbons (Fsp3) is 0.471. The Morgan fingerprint density at radius 1 is 0.241 bits per heavy atom. The monoisotopic (exact) mass is 1450 g/mol. The van der Waals surface area contributed by atoms with Crippen LogP contribution in [0.15, 0.2) is 172 Å². The molecule has 0 aliphatic carbocycles. The molecule has 0 spiro atoms. The van der Waals surface area contributed by atoms with Crippen LogP contribution in [0, 0.1) is 22.7 Å². The zero-order valence-electron chi connectivity index (χ0n) is 68.8. The van der Waals surface area contributed by atoms with Gasteiger partial charge in [0.1, 0.15) is 67.0 Å². The SMILES string of the molecule is CC(C)(C)CCCCc1ccc2oc3cc4c(cc3c2c1)oc1ccc(CCCCC(C)(C)C)cc14.CCCCC(CC)Cc1ccc2oc3cc4c(cc3c2c1)oc1ccc(CC(CC)CCCC)cc14.CCCCCC(C)(C)c1ccc2oc3cc4c(cc3c2c1)oc1ccc(C(C)(C)CCCCC)cc14. The molecule has 6 heteroatoms. The molecule has 0 saturated heterocycles. The Hall–Kier alpha value is -8.22. The molecule has 0 aliphatic heterocycles. The predicted molar refractivity (Wildman–Crippen MR) is 465 cm³/mol. The second-order valence-corrected chi connectivity index (χ2v) is 36.3. The third kappa shape index (κ3) is 18.0. The van der Waals surface area contributed by atoms with Crippen LogP contribution in [0.2, 0.25) is 0 Å². The molecule has 108 heavy (non-hydrogen) atoms. The number of aryl methyl sites for hydroxylation is 2. The molecule has 0 amide bonds. The first-order valence-corrected chi connectivity index (χ1v) is 42.4. The molecule has 15 rings (SSSR count). The molecular formula is C102H126O6. The number of hydrogen-bond donors (Lipinski definition) is 0. The number of hydrogen-bond acceptors (Lipinski definition) is 6. The molecule has 0 N–H and O–H groups in total. The van der Waals surface area contributed by atoms with Gasteiger partial charge in [-0.2, -0.15) is 0 Å². The van der Waals surface area contributed by atoms with E-state index in [9.17, 15) is 0 Å². The summed E-state index contributed by atoms with van der Waals surface area (Å²) in [5.74, 6) is 1.51. The summed E-state index contributed by atoms with van der Waals surface area (Å²) in [7, 11) is 0. The van der Waals surface area contributed by atoms with Crippen molar-refractivity contribution in [2.75, 3.05) is 0 Å². The maximum atomic E-state index is 6.37. The fourth-order valence-electron chi connectivity index (χ4n) is 17.2. The van der Waals surface area contributed by atoms with E-state index in [1.165, 1.54) is 207 Å². The summed E-state index contributed by atoms with van der Waals surface area (Å²) in [5.41, 5.74) is 20.9. The Kier molecular flexibility index (Phi) is 24.2. The quantitative estimate of drug-likeness (QED) is 0.0418. The Balaban J connectivity index is 0.000000143. The fourth-order valence-corrected chi connectivity index (χ4v) is 17.2. The van der Waals surface area contributed by atoms with Crippen LogP contribution in [0.25, 0.3) is 132 Å². The van der Waals surface area contributed by atoms with Gasteiger partial charge in [-0.3, -0.25) is 0 Å². The van der Waals surface area contributed by atoms with Gasteiger partial charge in [-0.1, -0.05) is 250 Å². The molecule has 0 aliphatic rings. The third-order valence-corrected chi connectivity index (χ3v) is 24.2. The molecule has 15 aromatic rings. The van der Waals surface area contributed by atoms with Crippen LogP contribution in [-0.4, -0.2) is 0 Å². The van der Waals surface area contributed by atoms with Crippen molar-refractivity contribution >= 4 is 132 Å². The summed E-state index contributed by atoms with van der Waals surface area (Å²) in [6, 6.07) is 53.6. The topological polar surface area (TPSA) is 78.8 Å². The molecule has 6 nitrogen and oxygen atoms in total. The van der Waals surface area contributed by atoms with Crippen molar-refractivity contribution in [2.45, 2.75) is 289 Å². The second kappa shape index (κ2) is 33.5. The Bertz CT molecular complexity index is 5200. The molecule has 2 atom stereocenters. The van der Waals surface area contributed by atoms with Crippen molar-refractivity contribution in [3.8, 4) is 0 Å². The van der Waals surface area contributed by atoms with Gasteiger partial charge in [-0.05, 0) is 240 Å². The van der Waals surface area contributed by atoms with Gasteiger partial charge in [0.05, 0.1) is 0 Å². The highest BCUT2D eigenvalue weighted by Crippen LogP contribution is 2.44. The summed E-state index contributed by atoms with van der Waals surface area (Å²) in [6.45, 7) is 37.2. The first-order chi connectivity index (χ1) is 51.9. The Morgan fingerprint density at radius 2 is 0.491 bits per heavy atom. The summed E-state index contributed by atoms with van der Waals surface area (Å²) in [5, 5.41) is 14.1. The van der Waals surface area contributed by atoms with Crippen LogP contribution in [0.5, 0.6) is 0 Å². The van der Waals surface area contributed by atoms with Gasteiger partial charge in [0.25, 0.3) is 0 Å². The van der Waals surface area contributed by atoms with Crippen LogP contribution < -0.4 is 0 Å². The third-order valence-electron chi connectivity index (χ3n) is 24.2. The second-order valence-electron chi connectivity index (χ2n) is 36.3. The molecule has 0 fully saturated rings. The van der Waals surface area contributed by atoms with Crippen molar-refractivity contribution in [3.63, 3.8) is 0 Å². The van der Waals surface area contributed by atoms with Crippen LogP contribution in [0.4, 0.5) is 0 Å². The summed E-state index contributed by atoms with van der Waals surface area (Å²) in [4.78, 5) is 0. The first kappa shape index (κ1) is 77.9. The molecule has 6 heterocycles. The van der Waals surface area contributed by atoms with Crippen molar-refractivity contribution in [2.24, 2.45) is 22.7 Å². The number of benzene rings is 9. The molecule has 9 aromatic carbocycles. The Morgan fingerprint density at radius 3 is 0.769 bits per heavy atom. The zero-order valence-corrected chi connectivity index (χ0v) is 68.8. The van der Waals surface area contributed by atoms with Gasteiger partial charge >= 0.3 is 0 Å². The van der Waals surface area contributed by atoms with E-state index >= 15 is 0 Å². The van der Waals surface area contributed by atoms with E-state index in [2.05, 4.69) is 256 Å². The van der Waals surface area contributed by atoms with E-state index in [1.54, 1.807) is 0 Å². The van der Waals surface area contributed by atoms with E-state index < -0.39 is 0 Å². The minimum Gasteiger partial charge on any atom is -0.456 e. The number of unbranched alkanes of at least 4 members (excludes halogenated alkanes) is 8. The van der Waals surface area contributed by atoms with Crippen molar-refractivity contribution in [1.29, 1.82) is 0 Å². The summed E-state index contributed by atoms with van der Waals surface area (Å²) >= 11 is 0. The minimum absolute atomic E-state index is 0.150. The van der Waals surface area contributed by atoms with Crippen LogP contribution >= 0.6 is 0 Å². The molecule has 0 bridgehead atoms. The van der Waals surface area contributed by atoms with E-state index in [-0.39, 0.29) is 10.8 Å². The van der Waals surface area contributed by atoms with Gasteiger partial charge in [-0.15, -0.1) is 0 Å². The molecule has 2 unspecified atom stereocenters. The zero-order chi connectivity index (χ0) is 76.1. The largest absolute Gasteiger partial charge is 0.456 e. The lowest BCUT2D eigenvalue weighted by Crippen LogP contribution is -2.16. The van der Waals surface area contributed by atoms with Crippen molar-refractivity contribution in [3.05, 3.63) is 179 Å². The lowest BCUT2D eigenvalue weighted by atomic mass is 9.79. The standard InChI is InChI=1S/3C34H42O2/c1-33(2,3)17-9-7-11-23-13-15-29-25(19-23)27-21-32-28(22-31(27)35-29)26-20-24(14-16-30(26)36-32)12-8-10-18-34(4,5)6;1-7-9-11-17-33(3,4)23-13-15-29-25(19-23)27-21-32-28(22-31(27)35-29)26-20-24(14-16-30(26)36-32)34(5,6)18-12-10-8-2;1-5-9-11-23(7-3)17-25-13-15-31-27(19-25)29-21-34-30(22-33(29)35-31)28-20-26(14-16-32(28)36-34)18-24(8-4)12-10-6-2/h2*13-16,19-22H,7-12,17-18H2,1-6H3;13-16,19-24H,5-12,17-18H2,1-4H3. The lowest BCUT2D eigenvalue weighted by Gasteiger charge is -2.25. The van der Waals surface area contributed by atoms with E-state index in [0.717, 1.165) is 137 Å². The maximum Gasteiger partial charge on any atom is 0.136 e. The van der Waals surface area contributed by atoms with Crippen molar-refractivity contribution in [1.82, 2.24) is 0 Å². The number of fused-ring (bicyclic) bond motifs is 18. The summed E-state index contributed by atoms with van der Waals surface area (Å²) in [6.07, 6.45) is 32.4. The smallest absolute Gasteiger partial charge is 0.136 e. The van der Waals surface area contributed by atoms with Crippen LogP contribution in [-0.2, 0) is 36.5 Å². The maximum absolute atomic E-state index is 6.37. The minimum atomic E-state index is 0.150. The van der Waals surface area contributed by atoms with Gasteiger partial charge in [-0.25, -0.2) is 0 Å². The highest BCUT2D eigenvalue weighted by molar-refractivity contribution is 6.17. The first-order valence-electron chi connectivity index (χ1n) is 42.4. The van der Waals surface area contributed by atoms with Crippen LogP contribution in [0.1, 0.15) is 285 Å². The summed E-state index contributed by atoms with van der Waals surface area (Å²) < 4.78 is 38.0. The predicted octanol–water partition coefficient (Wildman–Crippen LogP) is 33.2. The van der Waals surface area contributed by atoms with E-state index in [0.29, 0.717) is 10.8 Å². The molecule has 6 aromatic heterocycles. The van der Waals surface area contributed by atoms with Crippen molar-refractivity contribution < 1.29 is 26.5 Å². The van der Waals surface area contributed by atoms with Gasteiger partial charge in [0, 0.05) is 64.6 Å². The normalized spacial score (nSPS) is 13.3. The average molecular weight is 1450 g/mol. The van der Waals surface area contributed by atoms with Gasteiger partial charge in [0.15, 0.2) is 0 Å². The van der Waals surface area contributed by atoms with E-state index in [4.69, 9.17) is 26.5 Å². The van der Waals surface area contributed by atoms with E-state index in [1.807, 2.05) is 0 Å². The molecule has 0 saturated carbocycles. The van der Waals surface area contributed by atoms with Crippen LogP contribution in [0.3, 0.4) is 0 Å². The lowest BCUT2D eigenvalue weighted by molar-refractivity contribution is 0.360. The molecule has 0 radical (unpaired) electrons. The molecule has 570 valence electrons. The van der Waals surface area contributed by atoms with Gasteiger partial charge in [0.2, 0.25) is 0 Å². The van der Waals surface area contributed by atoms with Gasteiger partial charge < -0.3 is 26.5 Å². The highest BCUT2D eigenvalue weighted by atomic mass is 16.4. The number of furan rings is 6. The highest BCUT2D eigenvalue weighted by Gasteiger charge is 2.26. The Labute approximate surface area is 644 Å². The molecular weight excluding hydrogens is 1320 g/mol.